The zero-order valence-corrected chi connectivity index (χ0v) is 16.3. The summed E-state index contributed by atoms with van der Waals surface area (Å²) in [5.41, 5.74) is 3.39. The van der Waals surface area contributed by atoms with E-state index in [0.717, 1.165) is 40.7 Å². The molecule has 2 heterocycles. The molecule has 0 aliphatic heterocycles. The minimum atomic E-state index is 0.432. The molecular formula is C22H24N6. The van der Waals surface area contributed by atoms with Crippen LogP contribution in [0.3, 0.4) is 0 Å². The van der Waals surface area contributed by atoms with Gasteiger partial charge in [0.1, 0.15) is 18.2 Å². The predicted molar refractivity (Wildman–Crippen MR) is 111 cm³/mol. The maximum atomic E-state index is 9.14. The van der Waals surface area contributed by atoms with Crippen molar-refractivity contribution in [3.63, 3.8) is 0 Å². The fraction of sp³-hybridized carbons (Fsp3) is 0.364. The summed E-state index contributed by atoms with van der Waals surface area (Å²) in [4.78, 5) is 15.4. The minimum Gasteiger partial charge on any atom is -0.367 e. The number of nitrogens with one attached hydrogen (secondary N) is 1. The maximum absolute atomic E-state index is 9.14. The zero-order valence-electron chi connectivity index (χ0n) is 16.3. The number of nitrogens with zero attached hydrogens (tertiary/aromatic N) is 5. The molecule has 1 saturated carbocycles. The number of benzene rings is 1. The number of hydrogen-bond donors (Lipinski definition) is 1. The third-order valence-electron chi connectivity index (χ3n) is 5.60. The van der Waals surface area contributed by atoms with Crippen molar-refractivity contribution in [2.75, 3.05) is 19.4 Å². The smallest absolute Gasteiger partial charge is 0.137 e. The average molecular weight is 372 g/mol. The van der Waals surface area contributed by atoms with Crippen LogP contribution in [0.15, 0.2) is 43.0 Å². The highest BCUT2D eigenvalue weighted by Gasteiger charge is 2.23. The van der Waals surface area contributed by atoms with Gasteiger partial charge in [0.15, 0.2) is 0 Å². The van der Waals surface area contributed by atoms with Crippen LogP contribution >= 0.6 is 0 Å². The van der Waals surface area contributed by atoms with Gasteiger partial charge >= 0.3 is 0 Å². The first kappa shape index (κ1) is 18.3. The lowest BCUT2D eigenvalue weighted by atomic mass is 9.90. The van der Waals surface area contributed by atoms with Gasteiger partial charge in [-0.1, -0.05) is 6.07 Å². The van der Waals surface area contributed by atoms with Crippen LogP contribution in [0.1, 0.15) is 31.2 Å². The molecule has 28 heavy (non-hydrogen) atoms. The molecule has 3 aromatic rings. The van der Waals surface area contributed by atoms with Gasteiger partial charge in [-0.15, -0.1) is 0 Å². The lowest BCUT2D eigenvalue weighted by molar-refractivity contribution is 0.221. The summed E-state index contributed by atoms with van der Waals surface area (Å²) in [5.74, 6) is 0.879. The summed E-state index contributed by atoms with van der Waals surface area (Å²) in [5, 5.41) is 13.8. The highest BCUT2D eigenvalue weighted by molar-refractivity contribution is 5.92. The first-order chi connectivity index (χ1) is 13.6. The third-order valence-corrected chi connectivity index (χ3v) is 5.60. The molecule has 142 valence electrons. The van der Waals surface area contributed by atoms with Gasteiger partial charge in [-0.25, -0.2) is 9.97 Å². The van der Waals surface area contributed by atoms with Crippen LogP contribution in [-0.4, -0.2) is 46.0 Å². The van der Waals surface area contributed by atoms with Crippen LogP contribution in [0.25, 0.3) is 22.0 Å². The van der Waals surface area contributed by atoms with Crippen molar-refractivity contribution in [3.8, 4) is 17.2 Å². The SMILES string of the molecule is CN(C)C1CCC(Nc2ncnc3ccc(-c4cncc(C#N)c4)cc23)CC1. The Hall–Kier alpha value is -3.04. The quantitative estimate of drug-likeness (QED) is 0.749. The molecule has 6 heteroatoms. The van der Waals surface area contributed by atoms with E-state index < -0.39 is 0 Å². The van der Waals surface area contributed by atoms with Gasteiger partial charge in [0, 0.05) is 35.4 Å². The van der Waals surface area contributed by atoms with Crippen molar-refractivity contribution >= 4 is 16.7 Å². The Labute approximate surface area is 165 Å². The Bertz CT molecular complexity index is 1010. The number of pyridine rings is 1. The third kappa shape index (κ3) is 3.80. The normalized spacial score (nSPS) is 19.5. The fourth-order valence-electron chi connectivity index (χ4n) is 3.94. The maximum Gasteiger partial charge on any atom is 0.137 e. The molecule has 0 bridgehead atoms. The van der Waals surface area contributed by atoms with E-state index in [9.17, 15) is 0 Å². The number of rotatable bonds is 4. The summed E-state index contributed by atoms with van der Waals surface area (Å²) in [7, 11) is 4.32. The van der Waals surface area contributed by atoms with Crippen LogP contribution in [-0.2, 0) is 0 Å². The molecule has 0 amide bonds. The van der Waals surface area contributed by atoms with Crippen LogP contribution in [0.4, 0.5) is 5.82 Å². The van der Waals surface area contributed by atoms with Gasteiger partial charge in [0.05, 0.1) is 11.1 Å². The molecule has 1 fully saturated rings. The Morgan fingerprint density at radius 2 is 1.86 bits per heavy atom. The largest absolute Gasteiger partial charge is 0.367 e. The monoisotopic (exact) mass is 372 g/mol. The highest BCUT2D eigenvalue weighted by atomic mass is 15.1. The van der Waals surface area contributed by atoms with Gasteiger partial charge in [-0.2, -0.15) is 5.26 Å². The van der Waals surface area contributed by atoms with Crippen molar-refractivity contribution in [1.29, 1.82) is 5.26 Å². The summed E-state index contributed by atoms with van der Waals surface area (Å²) >= 11 is 0. The molecule has 0 unspecified atom stereocenters. The molecule has 2 aromatic heterocycles. The van der Waals surface area contributed by atoms with Crippen LogP contribution in [0.2, 0.25) is 0 Å². The number of hydrogen-bond acceptors (Lipinski definition) is 6. The number of anilines is 1. The molecule has 1 N–H and O–H groups in total. The molecule has 1 aliphatic carbocycles. The van der Waals surface area contributed by atoms with Gasteiger partial charge in [0.2, 0.25) is 0 Å². The first-order valence-corrected chi connectivity index (χ1v) is 9.67. The molecule has 4 rings (SSSR count). The lowest BCUT2D eigenvalue weighted by Gasteiger charge is -2.33. The van der Waals surface area contributed by atoms with Crippen LogP contribution in [0, 0.1) is 11.3 Å². The Balaban J connectivity index is 1.61. The fourth-order valence-corrected chi connectivity index (χ4v) is 3.94. The second-order valence-electron chi connectivity index (χ2n) is 7.64. The molecule has 1 aliphatic rings. The van der Waals surface area contributed by atoms with E-state index in [1.54, 1.807) is 18.7 Å². The van der Waals surface area contributed by atoms with Crippen LogP contribution < -0.4 is 5.32 Å². The minimum absolute atomic E-state index is 0.432. The van der Waals surface area contributed by atoms with Crippen molar-refractivity contribution in [1.82, 2.24) is 19.9 Å². The molecule has 1 aromatic carbocycles. The summed E-state index contributed by atoms with van der Waals surface area (Å²) in [6.45, 7) is 0. The molecule has 6 nitrogen and oxygen atoms in total. The van der Waals surface area contributed by atoms with Crippen molar-refractivity contribution in [2.45, 2.75) is 37.8 Å². The lowest BCUT2D eigenvalue weighted by Crippen LogP contribution is -2.36. The Morgan fingerprint density at radius 3 is 2.61 bits per heavy atom. The second-order valence-corrected chi connectivity index (χ2v) is 7.64. The average Bonchev–Trinajstić information content (AvgIpc) is 2.74. The molecule has 0 saturated heterocycles. The van der Waals surface area contributed by atoms with E-state index in [1.165, 1.54) is 12.8 Å². The molecular weight excluding hydrogens is 348 g/mol. The predicted octanol–water partition coefficient (Wildman–Crippen LogP) is 3.85. The first-order valence-electron chi connectivity index (χ1n) is 9.67. The van der Waals surface area contributed by atoms with E-state index in [0.29, 0.717) is 17.6 Å². The zero-order chi connectivity index (χ0) is 19.5. The highest BCUT2D eigenvalue weighted by Crippen LogP contribution is 2.29. The summed E-state index contributed by atoms with van der Waals surface area (Å²) < 4.78 is 0. The van der Waals surface area contributed by atoms with E-state index in [2.05, 4.69) is 51.4 Å². The topological polar surface area (TPSA) is 77.7 Å². The van der Waals surface area contributed by atoms with Crippen LogP contribution in [0.5, 0.6) is 0 Å². The van der Waals surface area contributed by atoms with Gasteiger partial charge < -0.3 is 10.2 Å². The molecule has 0 spiro atoms. The Morgan fingerprint density at radius 1 is 1.04 bits per heavy atom. The number of aromatic nitrogens is 3. The summed E-state index contributed by atoms with van der Waals surface area (Å²) in [6, 6.07) is 11.2. The van der Waals surface area contributed by atoms with E-state index in [1.807, 2.05) is 18.2 Å². The summed E-state index contributed by atoms with van der Waals surface area (Å²) in [6.07, 6.45) is 9.65. The van der Waals surface area contributed by atoms with Gasteiger partial charge in [-0.3, -0.25) is 4.98 Å². The van der Waals surface area contributed by atoms with Gasteiger partial charge in [0.25, 0.3) is 0 Å². The van der Waals surface area contributed by atoms with E-state index in [4.69, 9.17) is 5.26 Å². The number of nitriles is 1. The van der Waals surface area contributed by atoms with Crippen molar-refractivity contribution in [3.05, 3.63) is 48.5 Å². The molecule has 0 radical (unpaired) electrons. The van der Waals surface area contributed by atoms with Crippen molar-refractivity contribution in [2.24, 2.45) is 0 Å². The van der Waals surface area contributed by atoms with Crippen molar-refractivity contribution < 1.29 is 0 Å². The Kier molecular flexibility index (Phi) is 5.18. The second kappa shape index (κ2) is 7.91. The van der Waals surface area contributed by atoms with E-state index >= 15 is 0 Å². The van der Waals surface area contributed by atoms with E-state index in [-0.39, 0.29) is 0 Å². The molecule has 0 atom stereocenters. The number of fused-ring (bicyclic) bond motifs is 1. The van der Waals surface area contributed by atoms with Gasteiger partial charge in [-0.05, 0) is 63.5 Å². The standard InChI is InChI=1S/C22H24N6/c1-28(2)19-6-4-18(5-7-19)27-22-20-10-16(3-8-21(20)25-14-26-22)17-9-15(11-23)12-24-13-17/h3,8-10,12-14,18-19H,4-7H2,1-2H3,(H,25,26,27).